The quantitative estimate of drug-likeness (QED) is 0.755. The van der Waals surface area contributed by atoms with Crippen LogP contribution in [0.5, 0.6) is 0 Å². The first-order valence-electron chi connectivity index (χ1n) is 6.56. The van der Waals surface area contributed by atoms with Crippen molar-refractivity contribution in [2.45, 2.75) is 25.8 Å². The van der Waals surface area contributed by atoms with Gasteiger partial charge in [-0.2, -0.15) is 4.31 Å². The Bertz CT molecular complexity index is 339. The molecule has 2 rings (SSSR count). The highest BCUT2D eigenvalue weighted by atomic mass is 32.2. The maximum Gasteiger partial charge on any atom is 0.214 e. The van der Waals surface area contributed by atoms with Crippen LogP contribution in [0.2, 0.25) is 0 Å². The molecule has 1 N–H and O–H groups in total. The predicted octanol–water partition coefficient (Wildman–Crippen LogP) is -0.294. The third kappa shape index (κ3) is 3.19. The number of hydrogen-bond acceptors (Lipinski definition) is 4. The lowest BCUT2D eigenvalue weighted by Crippen LogP contribution is -2.49. The molecular formula is C11H23N3O2S. The third-order valence-electron chi connectivity index (χ3n) is 3.72. The molecular weight excluding hydrogens is 238 g/mol. The van der Waals surface area contributed by atoms with Crippen LogP contribution >= 0.6 is 0 Å². The van der Waals surface area contributed by atoms with E-state index in [2.05, 4.69) is 10.2 Å². The highest BCUT2D eigenvalue weighted by Gasteiger charge is 2.34. The maximum absolute atomic E-state index is 11.9. The van der Waals surface area contributed by atoms with E-state index in [0.717, 1.165) is 45.6 Å². The second-order valence-corrected chi connectivity index (χ2v) is 7.07. The van der Waals surface area contributed by atoms with Crippen LogP contribution in [0.4, 0.5) is 0 Å². The minimum atomic E-state index is -3.01. The molecule has 0 aromatic carbocycles. The number of sulfonamides is 1. The standard InChI is InChI=1S/C11H23N3O2S/c1-2-17(15,16)14-7-3-4-11(14)10-13-8-5-12-6-9-13/h11-12H,2-10H2,1H3. The van der Waals surface area contributed by atoms with Gasteiger partial charge in [0.1, 0.15) is 0 Å². The number of piperazine rings is 1. The fourth-order valence-corrected chi connectivity index (χ4v) is 4.08. The molecule has 5 nitrogen and oxygen atoms in total. The molecule has 0 aliphatic carbocycles. The molecule has 2 aliphatic heterocycles. The fraction of sp³-hybridized carbons (Fsp3) is 1.00. The summed E-state index contributed by atoms with van der Waals surface area (Å²) in [4.78, 5) is 2.38. The van der Waals surface area contributed by atoms with Gasteiger partial charge >= 0.3 is 0 Å². The van der Waals surface area contributed by atoms with Crippen molar-refractivity contribution < 1.29 is 8.42 Å². The zero-order chi connectivity index (χ0) is 12.3. The minimum absolute atomic E-state index is 0.207. The van der Waals surface area contributed by atoms with Crippen molar-refractivity contribution >= 4 is 10.0 Å². The van der Waals surface area contributed by atoms with Crippen molar-refractivity contribution in [2.24, 2.45) is 0 Å². The van der Waals surface area contributed by atoms with Gasteiger partial charge in [0.15, 0.2) is 0 Å². The lowest BCUT2D eigenvalue weighted by atomic mass is 10.2. The molecule has 0 amide bonds. The average Bonchev–Trinajstić information content (AvgIpc) is 2.79. The smallest absolute Gasteiger partial charge is 0.214 e. The van der Waals surface area contributed by atoms with Gasteiger partial charge in [-0.05, 0) is 19.8 Å². The molecule has 0 saturated carbocycles. The van der Waals surface area contributed by atoms with Crippen molar-refractivity contribution in [3.63, 3.8) is 0 Å². The van der Waals surface area contributed by atoms with Gasteiger partial charge in [-0.3, -0.25) is 4.90 Å². The molecule has 0 bridgehead atoms. The van der Waals surface area contributed by atoms with E-state index in [1.165, 1.54) is 0 Å². The normalized spacial score (nSPS) is 28.6. The van der Waals surface area contributed by atoms with Crippen LogP contribution in [0.3, 0.4) is 0 Å². The molecule has 6 heteroatoms. The molecule has 1 atom stereocenters. The zero-order valence-corrected chi connectivity index (χ0v) is 11.4. The average molecular weight is 261 g/mol. The zero-order valence-electron chi connectivity index (χ0n) is 10.6. The SMILES string of the molecule is CCS(=O)(=O)N1CCCC1CN1CCNCC1. The lowest BCUT2D eigenvalue weighted by Gasteiger charge is -2.32. The monoisotopic (exact) mass is 261 g/mol. The van der Waals surface area contributed by atoms with E-state index < -0.39 is 10.0 Å². The summed E-state index contributed by atoms with van der Waals surface area (Å²) in [5.41, 5.74) is 0. The Morgan fingerprint density at radius 3 is 2.59 bits per heavy atom. The van der Waals surface area contributed by atoms with E-state index in [0.29, 0.717) is 6.54 Å². The van der Waals surface area contributed by atoms with Gasteiger partial charge in [0, 0.05) is 45.3 Å². The summed E-state index contributed by atoms with van der Waals surface area (Å²) in [5, 5.41) is 3.32. The minimum Gasteiger partial charge on any atom is -0.314 e. The summed E-state index contributed by atoms with van der Waals surface area (Å²) in [6.45, 7) is 7.47. The summed E-state index contributed by atoms with van der Waals surface area (Å²) in [5.74, 6) is 0.227. The van der Waals surface area contributed by atoms with E-state index in [9.17, 15) is 8.42 Å². The van der Waals surface area contributed by atoms with Gasteiger partial charge in [0.2, 0.25) is 10.0 Å². The number of rotatable bonds is 4. The number of nitrogens with zero attached hydrogens (tertiary/aromatic N) is 2. The van der Waals surface area contributed by atoms with E-state index in [1.807, 2.05) is 0 Å². The van der Waals surface area contributed by atoms with Crippen molar-refractivity contribution in [2.75, 3.05) is 45.0 Å². The first-order valence-corrected chi connectivity index (χ1v) is 8.17. The van der Waals surface area contributed by atoms with Crippen molar-refractivity contribution in [1.82, 2.24) is 14.5 Å². The van der Waals surface area contributed by atoms with E-state index in [1.54, 1.807) is 11.2 Å². The molecule has 2 heterocycles. The Morgan fingerprint density at radius 1 is 1.24 bits per heavy atom. The molecule has 0 radical (unpaired) electrons. The van der Waals surface area contributed by atoms with Crippen LogP contribution in [0, 0.1) is 0 Å². The van der Waals surface area contributed by atoms with Crippen molar-refractivity contribution in [3.05, 3.63) is 0 Å². The van der Waals surface area contributed by atoms with Crippen LogP contribution in [-0.2, 0) is 10.0 Å². The highest BCUT2D eigenvalue weighted by molar-refractivity contribution is 7.89. The molecule has 17 heavy (non-hydrogen) atoms. The van der Waals surface area contributed by atoms with Crippen LogP contribution in [0.1, 0.15) is 19.8 Å². The first-order chi connectivity index (χ1) is 8.13. The Morgan fingerprint density at radius 2 is 1.94 bits per heavy atom. The van der Waals surface area contributed by atoms with Gasteiger partial charge in [-0.25, -0.2) is 8.42 Å². The predicted molar refractivity (Wildman–Crippen MR) is 68.5 cm³/mol. The second-order valence-electron chi connectivity index (χ2n) is 4.86. The lowest BCUT2D eigenvalue weighted by molar-refractivity contribution is 0.198. The summed E-state index contributed by atoms with van der Waals surface area (Å²) in [7, 11) is -3.01. The Hall–Kier alpha value is -0.170. The van der Waals surface area contributed by atoms with Gasteiger partial charge in [-0.15, -0.1) is 0 Å². The summed E-state index contributed by atoms with van der Waals surface area (Å²) < 4.78 is 25.6. The summed E-state index contributed by atoms with van der Waals surface area (Å²) >= 11 is 0. The molecule has 2 aliphatic rings. The largest absolute Gasteiger partial charge is 0.314 e. The third-order valence-corrected chi connectivity index (χ3v) is 5.65. The second kappa shape index (κ2) is 5.65. The first kappa shape index (κ1) is 13.3. The van der Waals surface area contributed by atoms with Crippen molar-refractivity contribution in [1.29, 1.82) is 0 Å². The summed E-state index contributed by atoms with van der Waals surface area (Å²) in [6, 6.07) is 0.207. The Balaban J connectivity index is 1.95. The Labute approximate surface area is 104 Å². The molecule has 1 unspecified atom stereocenters. The van der Waals surface area contributed by atoms with E-state index in [4.69, 9.17) is 0 Å². The molecule has 0 spiro atoms. The number of nitrogens with one attached hydrogen (secondary N) is 1. The van der Waals surface area contributed by atoms with Gasteiger partial charge in [-0.1, -0.05) is 0 Å². The molecule has 0 aromatic heterocycles. The fourth-order valence-electron chi connectivity index (χ4n) is 2.72. The molecule has 2 saturated heterocycles. The van der Waals surface area contributed by atoms with Crippen LogP contribution in [-0.4, -0.2) is 68.7 Å². The van der Waals surface area contributed by atoms with E-state index >= 15 is 0 Å². The van der Waals surface area contributed by atoms with Crippen LogP contribution < -0.4 is 5.32 Å². The molecule has 0 aromatic rings. The maximum atomic E-state index is 11.9. The highest BCUT2D eigenvalue weighted by Crippen LogP contribution is 2.22. The van der Waals surface area contributed by atoms with E-state index in [-0.39, 0.29) is 11.8 Å². The molecule has 2 fully saturated rings. The van der Waals surface area contributed by atoms with Crippen molar-refractivity contribution in [3.8, 4) is 0 Å². The Kier molecular flexibility index (Phi) is 4.41. The topological polar surface area (TPSA) is 52.7 Å². The van der Waals surface area contributed by atoms with Gasteiger partial charge in [0.05, 0.1) is 5.75 Å². The summed E-state index contributed by atoms with van der Waals surface area (Å²) in [6.07, 6.45) is 2.03. The molecule has 100 valence electrons. The van der Waals surface area contributed by atoms with Crippen LogP contribution in [0.15, 0.2) is 0 Å². The van der Waals surface area contributed by atoms with Gasteiger partial charge < -0.3 is 5.32 Å². The number of hydrogen-bond donors (Lipinski definition) is 1. The van der Waals surface area contributed by atoms with Gasteiger partial charge in [0.25, 0.3) is 0 Å². The van der Waals surface area contributed by atoms with Crippen LogP contribution in [0.25, 0.3) is 0 Å².